The van der Waals surface area contributed by atoms with Gasteiger partial charge in [0.15, 0.2) is 5.78 Å². The number of unbranched alkanes of at least 4 members (excludes halogenated alkanes) is 3. The van der Waals surface area contributed by atoms with Crippen molar-refractivity contribution in [3.63, 3.8) is 0 Å². The van der Waals surface area contributed by atoms with Gasteiger partial charge in [0.25, 0.3) is 0 Å². The van der Waals surface area contributed by atoms with E-state index in [1.165, 1.54) is 0 Å². The Morgan fingerprint density at radius 3 is 1.46 bits per heavy atom. The van der Waals surface area contributed by atoms with Crippen molar-refractivity contribution in [2.45, 2.75) is 96.7 Å². The van der Waals surface area contributed by atoms with Crippen LogP contribution >= 0.6 is 0 Å². The van der Waals surface area contributed by atoms with E-state index in [0.717, 1.165) is 64.5 Å². The summed E-state index contributed by atoms with van der Waals surface area (Å²) in [6.45, 7) is 8.09. The van der Waals surface area contributed by atoms with Gasteiger partial charge in [0.1, 0.15) is 0 Å². The molecule has 0 saturated carbocycles. The summed E-state index contributed by atoms with van der Waals surface area (Å²) in [6, 6.07) is -1.02. The summed E-state index contributed by atoms with van der Waals surface area (Å²) in [4.78, 5) is 38.4. The lowest BCUT2D eigenvalue weighted by Crippen LogP contribution is -2.51. The van der Waals surface area contributed by atoms with E-state index in [2.05, 4.69) is 31.9 Å². The maximum Gasteiger partial charge on any atom is 0.237 e. The Morgan fingerprint density at radius 2 is 1.03 bits per heavy atom. The molecule has 0 bridgehead atoms. The van der Waals surface area contributed by atoms with Crippen LogP contribution in [-0.2, 0) is 14.4 Å². The topological polar surface area (TPSA) is 123 Å². The lowest BCUT2D eigenvalue weighted by molar-refractivity contribution is -0.133. The Morgan fingerprint density at radius 1 is 0.600 bits per heavy atom. The van der Waals surface area contributed by atoms with E-state index in [1.54, 1.807) is 7.05 Å². The van der Waals surface area contributed by atoms with Crippen molar-refractivity contribution in [1.29, 1.82) is 0 Å². The molecule has 0 spiro atoms. The van der Waals surface area contributed by atoms with Gasteiger partial charge in [0, 0.05) is 12.0 Å². The number of nitrogens with one attached hydrogen (secondary N) is 6. The summed E-state index contributed by atoms with van der Waals surface area (Å²) >= 11 is 0. The lowest BCUT2D eigenvalue weighted by Gasteiger charge is -2.27. The molecule has 0 radical (unpaired) electrons. The minimum atomic E-state index is -0.540. The highest BCUT2D eigenvalue weighted by Gasteiger charge is 2.31. The number of Topliss-reactive ketones (excluding diaryl/α,β-unsaturated/α-hetero) is 1. The predicted molar refractivity (Wildman–Crippen MR) is 145 cm³/mol. The molecule has 0 aliphatic rings. The van der Waals surface area contributed by atoms with Crippen molar-refractivity contribution in [1.82, 2.24) is 31.9 Å². The third-order valence-corrected chi connectivity index (χ3v) is 6.26. The number of carbonyl (C=O) groups is 3. The highest BCUT2D eigenvalue weighted by Crippen LogP contribution is 2.20. The first-order chi connectivity index (χ1) is 16.6. The van der Waals surface area contributed by atoms with Crippen LogP contribution in [0.25, 0.3) is 0 Å². The zero-order chi connectivity index (χ0) is 26.7. The molecule has 2 amide bonds. The van der Waals surface area contributed by atoms with Crippen molar-refractivity contribution in [2.75, 3.05) is 47.8 Å². The van der Waals surface area contributed by atoms with Crippen LogP contribution in [0.1, 0.15) is 78.6 Å². The van der Waals surface area contributed by atoms with Crippen LogP contribution in [0.4, 0.5) is 0 Å². The summed E-state index contributed by atoms with van der Waals surface area (Å²) in [5.41, 5.74) is -0.540. The van der Waals surface area contributed by atoms with Crippen LogP contribution in [-0.4, -0.2) is 83.5 Å². The molecule has 0 aromatic heterocycles. The van der Waals surface area contributed by atoms with Gasteiger partial charge in [-0.3, -0.25) is 14.4 Å². The SMILES string of the molecule is CNCCCC[C@H](NC)C(=O)NCCCC[C@H](NC(=O)[C@H](CCCCNC)NC)C(=O)C(C)(C)C. The fourth-order valence-corrected chi connectivity index (χ4v) is 3.99. The second kappa shape index (κ2) is 19.6. The standard InChI is InChI=1S/C26H54N6O3/c1-26(2,3)23(33)20(32-25(35)22(30-7)16-9-12-18-28-5)14-10-13-19-31-24(34)21(29-6)15-8-11-17-27-4/h20-22,27-30H,8-19H2,1-7H3,(H,31,34)(H,32,35)/t20-,21-,22-/m0/s1. The zero-order valence-electron chi connectivity index (χ0n) is 23.4. The second-order valence-corrected chi connectivity index (χ2v) is 10.3. The molecule has 0 aromatic rings. The predicted octanol–water partition coefficient (Wildman–Crippen LogP) is 1.33. The van der Waals surface area contributed by atoms with Gasteiger partial charge >= 0.3 is 0 Å². The molecule has 6 N–H and O–H groups in total. The molecule has 0 heterocycles. The number of carbonyl (C=O) groups excluding carboxylic acids is 3. The van der Waals surface area contributed by atoms with Gasteiger partial charge in [-0.25, -0.2) is 0 Å². The van der Waals surface area contributed by atoms with Crippen LogP contribution in [0.2, 0.25) is 0 Å². The molecule has 0 aromatic carbocycles. The first kappa shape index (κ1) is 33.4. The minimum Gasteiger partial charge on any atom is -0.355 e. The first-order valence-electron chi connectivity index (χ1n) is 13.4. The Kier molecular flexibility index (Phi) is 18.7. The van der Waals surface area contributed by atoms with Gasteiger partial charge in [-0.05, 0) is 86.2 Å². The smallest absolute Gasteiger partial charge is 0.237 e. The van der Waals surface area contributed by atoms with Crippen molar-refractivity contribution in [3.8, 4) is 0 Å². The highest BCUT2D eigenvalue weighted by molar-refractivity contribution is 5.93. The molecule has 9 nitrogen and oxygen atoms in total. The zero-order valence-corrected chi connectivity index (χ0v) is 23.4. The fourth-order valence-electron chi connectivity index (χ4n) is 3.99. The summed E-state index contributed by atoms with van der Waals surface area (Å²) in [6.07, 6.45) is 7.56. The quantitative estimate of drug-likeness (QED) is 0.132. The number of hydrogen-bond acceptors (Lipinski definition) is 7. The van der Waals surface area contributed by atoms with E-state index >= 15 is 0 Å². The monoisotopic (exact) mass is 498 g/mol. The van der Waals surface area contributed by atoms with Crippen LogP contribution in [0.3, 0.4) is 0 Å². The number of likely N-dealkylation sites (N-methyl/N-ethyl adjacent to an activating group) is 2. The summed E-state index contributed by atoms with van der Waals surface area (Å²) in [7, 11) is 7.44. The number of hydrogen-bond donors (Lipinski definition) is 6. The van der Waals surface area contributed by atoms with Gasteiger partial charge in [0.2, 0.25) is 11.8 Å². The van der Waals surface area contributed by atoms with Gasteiger partial charge in [-0.2, -0.15) is 0 Å². The van der Waals surface area contributed by atoms with E-state index in [1.807, 2.05) is 41.9 Å². The van der Waals surface area contributed by atoms with Crippen LogP contribution < -0.4 is 31.9 Å². The first-order valence-corrected chi connectivity index (χ1v) is 13.4. The van der Waals surface area contributed by atoms with Crippen LogP contribution in [0.5, 0.6) is 0 Å². The lowest BCUT2D eigenvalue weighted by atomic mass is 9.84. The van der Waals surface area contributed by atoms with Gasteiger partial charge in [-0.15, -0.1) is 0 Å². The van der Waals surface area contributed by atoms with Crippen molar-refractivity contribution >= 4 is 17.6 Å². The number of ketones is 1. The van der Waals surface area contributed by atoms with Gasteiger partial charge in [0.05, 0.1) is 18.1 Å². The number of amides is 2. The maximum atomic E-state index is 13.0. The van der Waals surface area contributed by atoms with Crippen LogP contribution in [0.15, 0.2) is 0 Å². The Bertz CT molecular complexity index is 594. The van der Waals surface area contributed by atoms with Crippen LogP contribution in [0, 0.1) is 5.41 Å². The molecule has 0 saturated heterocycles. The van der Waals surface area contributed by atoms with E-state index in [-0.39, 0.29) is 29.7 Å². The third-order valence-electron chi connectivity index (χ3n) is 6.26. The molecule has 0 aliphatic carbocycles. The molecular formula is C26H54N6O3. The van der Waals surface area contributed by atoms with Gasteiger partial charge < -0.3 is 31.9 Å². The summed E-state index contributed by atoms with van der Waals surface area (Å²) < 4.78 is 0. The average molecular weight is 499 g/mol. The van der Waals surface area contributed by atoms with E-state index in [0.29, 0.717) is 13.0 Å². The molecule has 0 aliphatic heterocycles. The fraction of sp³-hybridized carbons (Fsp3) is 0.885. The Labute approximate surface area is 214 Å². The van der Waals surface area contributed by atoms with Gasteiger partial charge in [-0.1, -0.05) is 33.6 Å². The van der Waals surface area contributed by atoms with Crippen molar-refractivity contribution in [2.24, 2.45) is 5.41 Å². The molecule has 206 valence electrons. The largest absolute Gasteiger partial charge is 0.355 e. The van der Waals surface area contributed by atoms with E-state index < -0.39 is 11.5 Å². The highest BCUT2D eigenvalue weighted by atomic mass is 16.2. The number of rotatable bonds is 21. The van der Waals surface area contributed by atoms with E-state index in [4.69, 9.17) is 0 Å². The minimum absolute atomic E-state index is 0.0164. The third kappa shape index (κ3) is 15.2. The van der Waals surface area contributed by atoms with Crippen molar-refractivity contribution < 1.29 is 14.4 Å². The normalized spacial score (nSPS) is 14.3. The molecule has 0 unspecified atom stereocenters. The average Bonchev–Trinajstić information content (AvgIpc) is 2.81. The molecule has 9 heteroatoms. The summed E-state index contributed by atoms with van der Waals surface area (Å²) in [5, 5.41) is 18.4. The second-order valence-electron chi connectivity index (χ2n) is 10.3. The Hall–Kier alpha value is -1.55. The maximum absolute atomic E-state index is 13.0. The molecule has 0 fully saturated rings. The summed E-state index contributed by atoms with van der Waals surface area (Å²) in [5.74, 6) is -0.0672. The Balaban J connectivity index is 4.68. The van der Waals surface area contributed by atoms with Crippen molar-refractivity contribution in [3.05, 3.63) is 0 Å². The molecular weight excluding hydrogens is 444 g/mol. The molecule has 0 rings (SSSR count). The molecule has 3 atom stereocenters. The molecule has 35 heavy (non-hydrogen) atoms. The van der Waals surface area contributed by atoms with E-state index in [9.17, 15) is 14.4 Å².